The minimum absolute atomic E-state index is 0.134. The number of amides is 6. The van der Waals surface area contributed by atoms with Crippen LogP contribution in [-0.2, 0) is 41.6 Å². The zero-order valence-corrected chi connectivity index (χ0v) is 25.3. The van der Waals surface area contributed by atoms with Crippen molar-refractivity contribution in [2.45, 2.75) is 90.4 Å². The van der Waals surface area contributed by atoms with Gasteiger partial charge in [0.25, 0.3) is 0 Å². The van der Waals surface area contributed by atoms with Crippen LogP contribution >= 0.6 is 0 Å². The molecule has 5 atom stereocenters. The number of fused-ring (bicyclic) bond motifs is 3. The van der Waals surface area contributed by atoms with Gasteiger partial charge in [0, 0.05) is 29.9 Å². The maximum absolute atomic E-state index is 14.3. The van der Waals surface area contributed by atoms with Gasteiger partial charge in [-0.15, -0.1) is 0 Å². The average Bonchev–Trinajstić information content (AvgIpc) is 3.30. The van der Waals surface area contributed by atoms with Crippen LogP contribution in [0.1, 0.15) is 65.1 Å². The molecule has 1 aromatic heterocycles. The predicted molar refractivity (Wildman–Crippen MR) is 160 cm³/mol. The maximum atomic E-state index is 14.3. The summed E-state index contributed by atoms with van der Waals surface area (Å²) in [6.45, 7) is 8.48. The Labute approximate surface area is 250 Å². The fourth-order valence-corrected chi connectivity index (χ4v) is 5.49. The van der Waals surface area contributed by atoms with Crippen molar-refractivity contribution in [3.05, 3.63) is 35.5 Å². The molecule has 0 unspecified atom stereocenters. The summed E-state index contributed by atoms with van der Waals surface area (Å²) in [6.07, 6.45) is 0.896. The number of aromatic nitrogens is 1. The molecule has 6 amide bonds. The zero-order chi connectivity index (χ0) is 32.1. The second-order valence-corrected chi connectivity index (χ2v) is 11.8. The summed E-state index contributed by atoms with van der Waals surface area (Å²) in [5, 5.41) is 11.8. The number of hydrogen-bond acceptors (Lipinski definition) is 6. The number of H-pyrrole nitrogens is 1. The minimum Gasteiger partial charge on any atom is -0.370 e. The number of aromatic amines is 1. The second-order valence-electron chi connectivity index (χ2n) is 11.8. The first-order chi connectivity index (χ1) is 20.2. The molecule has 9 N–H and O–H groups in total. The second kappa shape index (κ2) is 13.7. The lowest BCUT2D eigenvalue weighted by Crippen LogP contribution is -2.67. The topological polar surface area (TPSA) is 218 Å². The first kappa shape index (κ1) is 33.1. The van der Waals surface area contributed by atoms with Crippen LogP contribution < -0.4 is 32.7 Å². The Kier molecular flexibility index (Phi) is 10.5. The number of nitrogens with one attached hydrogen (secondary N) is 5. The number of benzene rings is 1. The van der Waals surface area contributed by atoms with Crippen LogP contribution in [-0.4, -0.2) is 64.1 Å². The van der Waals surface area contributed by atoms with Crippen LogP contribution in [0.3, 0.4) is 0 Å². The van der Waals surface area contributed by atoms with Crippen LogP contribution in [0.15, 0.2) is 24.3 Å². The van der Waals surface area contributed by atoms with E-state index >= 15 is 0 Å². The van der Waals surface area contributed by atoms with E-state index < -0.39 is 65.5 Å². The van der Waals surface area contributed by atoms with E-state index in [4.69, 9.17) is 11.5 Å². The van der Waals surface area contributed by atoms with Crippen LogP contribution in [0.5, 0.6) is 0 Å². The van der Waals surface area contributed by atoms with E-state index in [2.05, 4.69) is 26.3 Å². The van der Waals surface area contributed by atoms with E-state index in [1.165, 1.54) is 6.92 Å². The molecule has 13 heteroatoms. The third-order valence-corrected chi connectivity index (χ3v) is 8.13. The van der Waals surface area contributed by atoms with Gasteiger partial charge >= 0.3 is 0 Å². The van der Waals surface area contributed by atoms with E-state index in [0.29, 0.717) is 12.8 Å². The largest absolute Gasteiger partial charge is 0.370 e. The van der Waals surface area contributed by atoms with Gasteiger partial charge in [-0.25, -0.2) is 0 Å². The van der Waals surface area contributed by atoms with E-state index in [1.807, 2.05) is 38.1 Å². The molecule has 0 spiro atoms. The molecule has 43 heavy (non-hydrogen) atoms. The molecule has 0 bridgehead atoms. The molecule has 3 rings (SSSR count). The molecule has 0 saturated carbocycles. The highest BCUT2D eigenvalue weighted by Gasteiger charge is 2.46. The van der Waals surface area contributed by atoms with Gasteiger partial charge in [-0.1, -0.05) is 52.3 Å². The van der Waals surface area contributed by atoms with Crippen LogP contribution in [0.2, 0.25) is 0 Å². The molecule has 1 heterocycles. The van der Waals surface area contributed by atoms with E-state index in [-0.39, 0.29) is 24.7 Å². The predicted octanol–water partition coefficient (Wildman–Crippen LogP) is 0.0487. The lowest BCUT2D eigenvalue weighted by Gasteiger charge is -2.39. The van der Waals surface area contributed by atoms with Crippen molar-refractivity contribution in [2.75, 3.05) is 0 Å². The number of nitrogens with two attached hydrogens (primary N) is 2. The number of para-hydroxylation sites is 1. The fraction of sp³-hybridized carbons (Fsp3) is 0.533. The van der Waals surface area contributed by atoms with Crippen molar-refractivity contribution in [1.29, 1.82) is 0 Å². The summed E-state index contributed by atoms with van der Waals surface area (Å²) in [5.74, 6) is -4.65. The van der Waals surface area contributed by atoms with Crippen molar-refractivity contribution in [1.82, 2.24) is 26.3 Å². The van der Waals surface area contributed by atoms with Gasteiger partial charge in [0.2, 0.25) is 35.4 Å². The quantitative estimate of drug-likeness (QED) is 0.169. The Bertz CT molecular complexity index is 1400. The van der Waals surface area contributed by atoms with Crippen molar-refractivity contribution >= 4 is 46.3 Å². The van der Waals surface area contributed by atoms with Gasteiger partial charge in [0.1, 0.15) is 23.7 Å². The summed E-state index contributed by atoms with van der Waals surface area (Å²) in [7, 11) is 0. The van der Waals surface area contributed by atoms with Gasteiger partial charge in [0.15, 0.2) is 0 Å². The summed E-state index contributed by atoms with van der Waals surface area (Å²) in [4.78, 5) is 80.0. The van der Waals surface area contributed by atoms with Gasteiger partial charge in [-0.2, -0.15) is 0 Å². The smallest absolute Gasteiger partial charge is 0.246 e. The van der Waals surface area contributed by atoms with Crippen molar-refractivity contribution in [3.8, 4) is 0 Å². The Morgan fingerprint density at radius 1 is 0.953 bits per heavy atom. The molecule has 1 aromatic carbocycles. The Morgan fingerprint density at radius 3 is 2.21 bits per heavy atom. The monoisotopic (exact) mass is 597 g/mol. The molecule has 1 aliphatic rings. The standard InChI is InChI=1S/C30H43N7O6/c1-6-16(4)25(33-17(5)38)28(42)37-30(12-11-21-19(14-30)18-9-7-8-10-20(18)34-21)29(43)36-24(15(2)3)27(41)35-22(26(32)40)13-23(31)39/h7-10,15-16,22,24-25,34H,6,11-14H2,1-5H3,(H2,31,39)(H2,32,40)(H,33,38)(H,35,41)(H,36,43)(H,37,42)/t16-,22-,24-,25-,30-/m0/s1. The molecule has 0 fully saturated rings. The molecule has 0 saturated heterocycles. The Balaban J connectivity index is 1.99. The first-order valence-electron chi connectivity index (χ1n) is 14.6. The summed E-state index contributed by atoms with van der Waals surface area (Å²) in [5.41, 5.74) is 11.8. The molecule has 13 nitrogen and oxygen atoms in total. The van der Waals surface area contributed by atoms with Crippen LogP contribution in [0.25, 0.3) is 10.9 Å². The molecule has 2 aromatic rings. The maximum Gasteiger partial charge on any atom is 0.246 e. The number of rotatable bonds is 13. The summed E-state index contributed by atoms with van der Waals surface area (Å²) >= 11 is 0. The lowest BCUT2D eigenvalue weighted by atomic mass is 9.78. The minimum atomic E-state index is -1.47. The number of aryl methyl sites for hydroxylation is 1. The van der Waals surface area contributed by atoms with E-state index in [1.54, 1.807) is 13.8 Å². The first-order valence-corrected chi connectivity index (χ1v) is 14.6. The fourth-order valence-electron chi connectivity index (χ4n) is 5.49. The van der Waals surface area contributed by atoms with Gasteiger partial charge in [-0.3, -0.25) is 28.8 Å². The Hall–Kier alpha value is -4.42. The third-order valence-electron chi connectivity index (χ3n) is 8.13. The number of carbonyl (C=O) groups excluding carboxylic acids is 6. The van der Waals surface area contributed by atoms with Crippen LogP contribution in [0.4, 0.5) is 0 Å². The number of hydrogen-bond donors (Lipinski definition) is 7. The van der Waals surface area contributed by atoms with Gasteiger partial charge in [-0.05, 0) is 36.3 Å². The molecular formula is C30H43N7O6. The normalized spacial score (nSPS) is 18.9. The van der Waals surface area contributed by atoms with Gasteiger partial charge in [0.05, 0.1) is 6.42 Å². The Morgan fingerprint density at radius 2 is 1.63 bits per heavy atom. The summed E-state index contributed by atoms with van der Waals surface area (Å²) < 4.78 is 0. The highest BCUT2D eigenvalue weighted by atomic mass is 16.2. The molecule has 0 radical (unpaired) electrons. The number of carbonyl (C=O) groups is 6. The zero-order valence-electron chi connectivity index (χ0n) is 25.3. The molecular weight excluding hydrogens is 554 g/mol. The van der Waals surface area contributed by atoms with Crippen LogP contribution in [0, 0.1) is 11.8 Å². The van der Waals surface area contributed by atoms with E-state index in [9.17, 15) is 28.8 Å². The average molecular weight is 598 g/mol. The van der Waals surface area contributed by atoms with Crippen molar-refractivity contribution < 1.29 is 28.8 Å². The highest BCUT2D eigenvalue weighted by Crippen LogP contribution is 2.34. The SMILES string of the molecule is CC[C@H](C)[C@H](NC(C)=O)C(=O)N[C@@]1(C(=O)N[C@H](C(=O)N[C@@H](CC(N)=O)C(N)=O)C(C)C)CCc2[nH]c3ccccc3c2C1. The lowest BCUT2D eigenvalue weighted by molar-refractivity contribution is -0.139. The van der Waals surface area contributed by atoms with Crippen molar-refractivity contribution in [2.24, 2.45) is 23.3 Å². The third kappa shape index (κ3) is 7.70. The molecule has 0 aliphatic heterocycles. The highest BCUT2D eigenvalue weighted by molar-refractivity contribution is 5.99. The molecule has 1 aliphatic carbocycles. The molecule has 234 valence electrons. The van der Waals surface area contributed by atoms with E-state index in [0.717, 1.165) is 22.2 Å². The van der Waals surface area contributed by atoms with Crippen molar-refractivity contribution in [3.63, 3.8) is 0 Å². The summed E-state index contributed by atoms with van der Waals surface area (Å²) in [6, 6.07) is 4.29. The van der Waals surface area contributed by atoms with Gasteiger partial charge < -0.3 is 37.7 Å². The number of primary amides is 2.